The molecule has 0 radical (unpaired) electrons. The highest BCUT2D eigenvalue weighted by Gasteiger charge is 2.26. The number of nitrogens with zero attached hydrogens (tertiary/aromatic N) is 1. The molecule has 0 aromatic heterocycles. The minimum Gasteiger partial charge on any atom is -0.308 e. The zero-order chi connectivity index (χ0) is 17.6. The quantitative estimate of drug-likeness (QED) is 0.755. The summed E-state index contributed by atoms with van der Waals surface area (Å²) < 4.78 is 1.02. The van der Waals surface area contributed by atoms with E-state index < -0.39 is 0 Å². The van der Waals surface area contributed by atoms with E-state index in [0.29, 0.717) is 12.1 Å². The minimum absolute atomic E-state index is 0.0388. The molecule has 128 valence electrons. The molecular formula is C21H21BrN2O. The zero-order valence-corrected chi connectivity index (χ0v) is 15.6. The maximum atomic E-state index is 13.0. The number of carbonyl (C=O) groups is 1. The van der Waals surface area contributed by atoms with Crippen molar-refractivity contribution in [3.8, 4) is 0 Å². The molecule has 1 heterocycles. The van der Waals surface area contributed by atoms with E-state index in [-0.39, 0.29) is 11.9 Å². The van der Waals surface area contributed by atoms with Crippen molar-refractivity contribution in [3.63, 3.8) is 0 Å². The third-order valence-electron chi connectivity index (χ3n) is 4.24. The molecule has 1 amide bonds. The van der Waals surface area contributed by atoms with E-state index in [9.17, 15) is 4.79 Å². The van der Waals surface area contributed by atoms with Gasteiger partial charge >= 0.3 is 0 Å². The fourth-order valence-corrected chi connectivity index (χ4v) is 3.23. The first-order valence-electron chi connectivity index (χ1n) is 8.38. The summed E-state index contributed by atoms with van der Waals surface area (Å²) in [6, 6.07) is 17.8. The standard InChI is InChI=1S/C21H21BrN2O/c1-2-13-23-19-12-14-24(21(25)17-6-4-3-5-7-17)20(15-19)16-8-10-18(22)11-9-16/h2-11,15,19,23H,1,12-14H2. The highest BCUT2D eigenvalue weighted by atomic mass is 79.9. The van der Waals surface area contributed by atoms with Gasteiger partial charge in [0.15, 0.2) is 0 Å². The van der Waals surface area contributed by atoms with Crippen LogP contribution < -0.4 is 5.32 Å². The number of amides is 1. The molecule has 1 N–H and O–H groups in total. The van der Waals surface area contributed by atoms with Gasteiger partial charge < -0.3 is 10.2 Å². The summed E-state index contributed by atoms with van der Waals surface area (Å²) in [6.45, 7) is 5.20. The highest BCUT2D eigenvalue weighted by molar-refractivity contribution is 9.10. The molecular weight excluding hydrogens is 376 g/mol. The Labute approximate surface area is 157 Å². The average Bonchev–Trinajstić information content (AvgIpc) is 2.67. The smallest absolute Gasteiger partial charge is 0.258 e. The average molecular weight is 397 g/mol. The number of benzene rings is 2. The van der Waals surface area contributed by atoms with Crippen LogP contribution in [0.25, 0.3) is 5.70 Å². The lowest BCUT2D eigenvalue weighted by atomic mass is 10.00. The Hall–Kier alpha value is -2.17. The van der Waals surface area contributed by atoms with E-state index in [4.69, 9.17) is 0 Å². The van der Waals surface area contributed by atoms with Crippen LogP contribution in [0.3, 0.4) is 0 Å². The van der Waals surface area contributed by atoms with Crippen LogP contribution in [0.4, 0.5) is 0 Å². The van der Waals surface area contributed by atoms with Crippen molar-refractivity contribution in [1.29, 1.82) is 0 Å². The summed E-state index contributed by atoms with van der Waals surface area (Å²) in [5.74, 6) is 0.0388. The van der Waals surface area contributed by atoms with Crippen LogP contribution in [0.2, 0.25) is 0 Å². The molecule has 3 nitrogen and oxygen atoms in total. The molecule has 4 heteroatoms. The van der Waals surface area contributed by atoms with Gasteiger partial charge in [-0.1, -0.05) is 52.3 Å². The van der Waals surface area contributed by atoms with Crippen LogP contribution in [0.15, 0.2) is 77.8 Å². The molecule has 1 aliphatic heterocycles. The van der Waals surface area contributed by atoms with E-state index in [2.05, 4.69) is 33.9 Å². The second kappa shape index (κ2) is 8.28. The number of hydrogen-bond donors (Lipinski definition) is 1. The number of rotatable bonds is 5. The van der Waals surface area contributed by atoms with Gasteiger partial charge in [0.1, 0.15) is 0 Å². The van der Waals surface area contributed by atoms with E-state index >= 15 is 0 Å². The molecule has 0 bridgehead atoms. The van der Waals surface area contributed by atoms with Gasteiger partial charge in [0.2, 0.25) is 0 Å². The van der Waals surface area contributed by atoms with Crippen molar-refractivity contribution < 1.29 is 4.79 Å². The first kappa shape index (κ1) is 17.6. The molecule has 0 fully saturated rings. The lowest BCUT2D eigenvalue weighted by Gasteiger charge is -2.33. The summed E-state index contributed by atoms with van der Waals surface area (Å²) in [7, 11) is 0. The van der Waals surface area contributed by atoms with Crippen LogP contribution in [0, 0.1) is 0 Å². The maximum absolute atomic E-state index is 13.0. The molecule has 0 aliphatic carbocycles. The van der Waals surface area contributed by atoms with E-state index in [0.717, 1.165) is 28.7 Å². The summed E-state index contributed by atoms with van der Waals surface area (Å²) in [6.07, 6.45) is 4.89. The molecule has 0 saturated heterocycles. The van der Waals surface area contributed by atoms with Crippen molar-refractivity contribution in [2.24, 2.45) is 0 Å². The lowest BCUT2D eigenvalue weighted by Crippen LogP contribution is -2.40. The van der Waals surface area contributed by atoms with Crippen LogP contribution in [0.1, 0.15) is 22.3 Å². The Morgan fingerprint density at radius 1 is 1.20 bits per heavy atom. The fourth-order valence-electron chi connectivity index (χ4n) is 2.97. The predicted molar refractivity (Wildman–Crippen MR) is 106 cm³/mol. The van der Waals surface area contributed by atoms with Gasteiger partial charge in [0.05, 0.1) is 0 Å². The normalized spacial score (nSPS) is 17.1. The molecule has 1 atom stereocenters. The maximum Gasteiger partial charge on any atom is 0.258 e. The van der Waals surface area contributed by atoms with E-state index in [1.807, 2.05) is 65.6 Å². The predicted octanol–water partition coefficient (Wildman–Crippen LogP) is 4.48. The first-order valence-corrected chi connectivity index (χ1v) is 9.17. The van der Waals surface area contributed by atoms with Gasteiger partial charge in [-0.3, -0.25) is 4.79 Å². The Morgan fingerprint density at radius 2 is 1.92 bits per heavy atom. The number of halogens is 1. The lowest BCUT2D eigenvalue weighted by molar-refractivity contribution is 0.0826. The third kappa shape index (κ3) is 4.27. The summed E-state index contributed by atoms with van der Waals surface area (Å²) in [5, 5.41) is 3.44. The molecule has 0 spiro atoms. The number of carbonyl (C=O) groups excluding carboxylic acids is 1. The van der Waals surface area contributed by atoms with Crippen molar-refractivity contribution >= 4 is 27.5 Å². The van der Waals surface area contributed by atoms with Gasteiger partial charge in [-0.15, -0.1) is 6.58 Å². The second-order valence-electron chi connectivity index (χ2n) is 5.97. The largest absolute Gasteiger partial charge is 0.308 e. The Balaban J connectivity index is 1.94. The number of hydrogen-bond acceptors (Lipinski definition) is 2. The summed E-state index contributed by atoms with van der Waals surface area (Å²) in [5.41, 5.74) is 2.70. The Morgan fingerprint density at radius 3 is 2.60 bits per heavy atom. The Kier molecular flexibility index (Phi) is 5.84. The molecule has 0 saturated carbocycles. The molecule has 1 unspecified atom stereocenters. The SMILES string of the molecule is C=CCNC1C=C(c2ccc(Br)cc2)N(C(=O)c2ccccc2)CC1. The second-order valence-corrected chi connectivity index (χ2v) is 6.89. The molecule has 3 rings (SSSR count). The molecule has 25 heavy (non-hydrogen) atoms. The molecule has 2 aromatic rings. The zero-order valence-electron chi connectivity index (χ0n) is 14.0. The van der Waals surface area contributed by atoms with Crippen LogP contribution >= 0.6 is 15.9 Å². The Bertz CT molecular complexity index is 768. The molecule has 2 aromatic carbocycles. The van der Waals surface area contributed by atoms with Crippen LogP contribution in [-0.4, -0.2) is 29.9 Å². The van der Waals surface area contributed by atoms with Crippen molar-refractivity contribution in [3.05, 3.63) is 88.9 Å². The van der Waals surface area contributed by atoms with Crippen LogP contribution in [-0.2, 0) is 0 Å². The summed E-state index contributed by atoms with van der Waals surface area (Å²) in [4.78, 5) is 14.9. The van der Waals surface area contributed by atoms with E-state index in [1.54, 1.807) is 0 Å². The van der Waals surface area contributed by atoms with Crippen molar-refractivity contribution in [2.75, 3.05) is 13.1 Å². The van der Waals surface area contributed by atoms with E-state index in [1.165, 1.54) is 0 Å². The third-order valence-corrected chi connectivity index (χ3v) is 4.77. The van der Waals surface area contributed by atoms with Crippen molar-refractivity contribution in [1.82, 2.24) is 10.2 Å². The summed E-state index contributed by atoms with van der Waals surface area (Å²) >= 11 is 3.47. The van der Waals surface area contributed by atoms with Gasteiger partial charge in [-0.2, -0.15) is 0 Å². The van der Waals surface area contributed by atoms with Crippen molar-refractivity contribution in [2.45, 2.75) is 12.5 Å². The fraction of sp³-hybridized carbons (Fsp3) is 0.190. The van der Waals surface area contributed by atoms with Gasteiger partial charge in [0, 0.05) is 34.9 Å². The van der Waals surface area contributed by atoms with Gasteiger partial charge in [-0.25, -0.2) is 0 Å². The minimum atomic E-state index is 0.0388. The topological polar surface area (TPSA) is 32.3 Å². The highest BCUT2D eigenvalue weighted by Crippen LogP contribution is 2.28. The van der Waals surface area contributed by atoms with Gasteiger partial charge in [-0.05, 0) is 42.3 Å². The van der Waals surface area contributed by atoms with Gasteiger partial charge in [0.25, 0.3) is 5.91 Å². The van der Waals surface area contributed by atoms with Crippen LogP contribution in [0.5, 0.6) is 0 Å². The first-order chi connectivity index (χ1) is 12.2. The monoisotopic (exact) mass is 396 g/mol. The molecule has 1 aliphatic rings. The number of nitrogens with one attached hydrogen (secondary N) is 1.